The molecule has 128 valence electrons. The molecule has 23 heavy (non-hydrogen) atoms. The van der Waals surface area contributed by atoms with Crippen molar-refractivity contribution in [2.75, 3.05) is 6.54 Å². The number of aryl methyl sites for hydroxylation is 2. The van der Waals surface area contributed by atoms with Crippen LogP contribution in [0.1, 0.15) is 33.6 Å². The van der Waals surface area contributed by atoms with Crippen molar-refractivity contribution in [3.63, 3.8) is 0 Å². The average Bonchev–Trinajstić information content (AvgIpc) is 2.78. The van der Waals surface area contributed by atoms with Gasteiger partial charge in [-0.2, -0.15) is 0 Å². The van der Waals surface area contributed by atoms with Gasteiger partial charge in [0, 0.05) is 30.3 Å². The average molecular weight is 376 g/mol. The first-order valence-corrected chi connectivity index (χ1v) is 7.88. The van der Waals surface area contributed by atoms with Gasteiger partial charge in [-0.15, -0.1) is 36.2 Å². The lowest BCUT2D eigenvalue weighted by molar-refractivity contribution is -0.121. The van der Waals surface area contributed by atoms with Crippen molar-refractivity contribution < 1.29 is 4.79 Å². The topological polar surface area (TPSA) is 68.0 Å². The Balaban J connectivity index is 0.00000242. The van der Waals surface area contributed by atoms with Gasteiger partial charge < -0.3 is 11.1 Å². The summed E-state index contributed by atoms with van der Waals surface area (Å²) in [6.45, 7) is 4.67. The van der Waals surface area contributed by atoms with E-state index in [1.807, 2.05) is 37.3 Å². The molecule has 0 saturated carbocycles. The smallest absolute Gasteiger partial charge is 0.221 e. The molecule has 1 heterocycles. The Hall–Kier alpha value is -1.14. The SMILES string of the molecule is Cc1nc(CCNC(=O)CC(N)c2ccccc2)sc1C.Cl.Cl. The Morgan fingerprint density at radius 2 is 1.91 bits per heavy atom. The first-order valence-electron chi connectivity index (χ1n) is 7.06. The molecule has 0 aliphatic rings. The zero-order valence-corrected chi connectivity index (χ0v) is 15.7. The number of hydrogen-bond donors (Lipinski definition) is 2. The van der Waals surface area contributed by atoms with E-state index in [0.717, 1.165) is 22.7 Å². The molecule has 0 fully saturated rings. The fourth-order valence-electron chi connectivity index (χ4n) is 2.04. The fourth-order valence-corrected chi connectivity index (χ4v) is 2.98. The third-order valence-corrected chi connectivity index (χ3v) is 4.50. The van der Waals surface area contributed by atoms with Gasteiger partial charge in [-0.05, 0) is 19.4 Å². The van der Waals surface area contributed by atoms with E-state index in [9.17, 15) is 4.79 Å². The van der Waals surface area contributed by atoms with E-state index >= 15 is 0 Å². The molecule has 1 unspecified atom stereocenters. The molecule has 1 amide bonds. The van der Waals surface area contributed by atoms with Crippen molar-refractivity contribution in [3.8, 4) is 0 Å². The van der Waals surface area contributed by atoms with Gasteiger partial charge in [0.2, 0.25) is 5.91 Å². The monoisotopic (exact) mass is 375 g/mol. The standard InChI is InChI=1S/C16H21N3OS.2ClH/c1-11-12(2)21-16(19-11)8-9-18-15(20)10-14(17)13-6-4-3-5-7-13;;/h3-7,14H,8-10,17H2,1-2H3,(H,18,20);2*1H. The summed E-state index contributed by atoms with van der Waals surface area (Å²) in [5.41, 5.74) is 8.09. The highest BCUT2D eigenvalue weighted by Gasteiger charge is 2.11. The van der Waals surface area contributed by atoms with Crippen LogP contribution in [0.2, 0.25) is 0 Å². The first-order chi connectivity index (χ1) is 10.1. The number of nitrogens with zero attached hydrogens (tertiary/aromatic N) is 1. The van der Waals surface area contributed by atoms with Crippen LogP contribution in [-0.4, -0.2) is 17.4 Å². The van der Waals surface area contributed by atoms with Crippen molar-refractivity contribution >= 4 is 42.1 Å². The second-order valence-corrected chi connectivity index (χ2v) is 6.36. The van der Waals surface area contributed by atoms with Gasteiger partial charge in [0.25, 0.3) is 0 Å². The van der Waals surface area contributed by atoms with Gasteiger partial charge in [0.1, 0.15) is 0 Å². The van der Waals surface area contributed by atoms with Crippen LogP contribution in [-0.2, 0) is 11.2 Å². The van der Waals surface area contributed by atoms with Gasteiger partial charge in [-0.25, -0.2) is 4.98 Å². The number of benzene rings is 1. The molecular formula is C16H23Cl2N3OS. The summed E-state index contributed by atoms with van der Waals surface area (Å²) in [5, 5.41) is 3.98. The second kappa shape index (κ2) is 10.6. The predicted molar refractivity (Wildman–Crippen MR) is 101 cm³/mol. The minimum atomic E-state index is -0.254. The summed E-state index contributed by atoms with van der Waals surface area (Å²) in [6.07, 6.45) is 1.07. The van der Waals surface area contributed by atoms with Crippen LogP contribution in [0.4, 0.5) is 0 Å². The van der Waals surface area contributed by atoms with Crippen LogP contribution in [0.5, 0.6) is 0 Å². The zero-order valence-electron chi connectivity index (χ0n) is 13.2. The number of hydrogen-bond acceptors (Lipinski definition) is 4. The van der Waals surface area contributed by atoms with Crippen LogP contribution in [0.15, 0.2) is 30.3 Å². The molecule has 0 aliphatic heterocycles. The number of carbonyl (C=O) groups excluding carboxylic acids is 1. The summed E-state index contributed by atoms with van der Waals surface area (Å²) >= 11 is 1.69. The number of nitrogens with two attached hydrogens (primary N) is 1. The highest BCUT2D eigenvalue weighted by molar-refractivity contribution is 7.11. The summed E-state index contributed by atoms with van der Waals surface area (Å²) in [4.78, 5) is 17.6. The van der Waals surface area contributed by atoms with Crippen molar-refractivity contribution in [3.05, 3.63) is 51.5 Å². The molecule has 7 heteroatoms. The molecule has 0 saturated heterocycles. The summed E-state index contributed by atoms with van der Waals surface area (Å²) in [5.74, 6) is -0.0173. The van der Waals surface area contributed by atoms with Crippen LogP contribution in [0, 0.1) is 13.8 Å². The molecule has 3 N–H and O–H groups in total. The van der Waals surface area contributed by atoms with Gasteiger partial charge >= 0.3 is 0 Å². The maximum Gasteiger partial charge on any atom is 0.221 e. The number of amides is 1. The van der Waals surface area contributed by atoms with Crippen molar-refractivity contribution in [1.82, 2.24) is 10.3 Å². The zero-order chi connectivity index (χ0) is 15.2. The van der Waals surface area contributed by atoms with E-state index in [0.29, 0.717) is 13.0 Å². The highest BCUT2D eigenvalue weighted by Crippen LogP contribution is 2.16. The summed E-state index contributed by atoms with van der Waals surface area (Å²) < 4.78 is 0. The Kier molecular flexibility index (Phi) is 10.1. The molecule has 1 aromatic carbocycles. The normalized spacial score (nSPS) is 11.1. The molecule has 1 aromatic heterocycles. The molecule has 0 aliphatic carbocycles. The Labute approximate surface area is 153 Å². The number of halogens is 2. The van der Waals surface area contributed by atoms with Crippen LogP contribution < -0.4 is 11.1 Å². The van der Waals surface area contributed by atoms with E-state index in [1.165, 1.54) is 4.88 Å². The van der Waals surface area contributed by atoms with Gasteiger partial charge in [0.05, 0.1) is 10.7 Å². The minimum absolute atomic E-state index is 0. The molecule has 2 rings (SSSR count). The summed E-state index contributed by atoms with van der Waals surface area (Å²) in [6, 6.07) is 9.43. The van der Waals surface area contributed by atoms with Crippen molar-refractivity contribution in [2.45, 2.75) is 32.7 Å². The number of nitrogens with one attached hydrogen (secondary N) is 1. The Morgan fingerprint density at radius 3 is 2.48 bits per heavy atom. The minimum Gasteiger partial charge on any atom is -0.356 e. The van der Waals surface area contributed by atoms with Crippen LogP contribution >= 0.6 is 36.2 Å². The lowest BCUT2D eigenvalue weighted by atomic mass is 10.0. The van der Waals surface area contributed by atoms with E-state index in [1.54, 1.807) is 11.3 Å². The molecule has 0 bridgehead atoms. The molecular weight excluding hydrogens is 353 g/mol. The Morgan fingerprint density at radius 1 is 1.26 bits per heavy atom. The quantitative estimate of drug-likeness (QED) is 0.813. The third-order valence-electron chi connectivity index (χ3n) is 3.37. The van der Waals surface area contributed by atoms with Crippen molar-refractivity contribution in [1.29, 1.82) is 0 Å². The van der Waals surface area contributed by atoms with Crippen molar-refractivity contribution in [2.24, 2.45) is 5.73 Å². The van der Waals surface area contributed by atoms with Gasteiger partial charge in [0.15, 0.2) is 0 Å². The van der Waals surface area contributed by atoms with Crippen LogP contribution in [0.25, 0.3) is 0 Å². The molecule has 1 atom stereocenters. The molecule has 0 radical (unpaired) electrons. The number of rotatable bonds is 6. The maximum atomic E-state index is 11.9. The van der Waals surface area contributed by atoms with Crippen LogP contribution in [0.3, 0.4) is 0 Å². The summed E-state index contributed by atoms with van der Waals surface area (Å²) in [7, 11) is 0. The predicted octanol–water partition coefficient (Wildman–Crippen LogP) is 3.35. The highest BCUT2D eigenvalue weighted by atomic mass is 35.5. The first kappa shape index (κ1) is 21.9. The number of carbonyl (C=O) groups is 1. The van der Waals surface area contributed by atoms with Gasteiger partial charge in [-0.3, -0.25) is 4.79 Å². The Bertz CT molecular complexity index is 585. The van der Waals surface area contributed by atoms with E-state index in [4.69, 9.17) is 5.73 Å². The van der Waals surface area contributed by atoms with E-state index in [2.05, 4.69) is 17.2 Å². The van der Waals surface area contributed by atoms with E-state index in [-0.39, 0.29) is 36.8 Å². The molecule has 0 spiro atoms. The lowest BCUT2D eigenvalue weighted by Crippen LogP contribution is -2.29. The molecule has 2 aromatic rings. The maximum absolute atomic E-state index is 11.9. The van der Waals surface area contributed by atoms with E-state index < -0.39 is 0 Å². The number of thiazole rings is 1. The largest absolute Gasteiger partial charge is 0.356 e. The third kappa shape index (κ3) is 6.87. The number of aromatic nitrogens is 1. The lowest BCUT2D eigenvalue weighted by Gasteiger charge is -2.11. The fraction of sp³-hybridized carbons (Fsp3) is 0.375. The second-order valence-electron chi connectivity index (χ2n) is 5.07. The molecule has 4 nitrogen and oxygen atoms in total. The van der Waals surface area contributed by atoms with Gasteiger partial charge in [-0.1, -0.05) is 30.3 Å².